The van der Waals surface area contributed by atoms with Crippen LogP contribution < -0.4 is 11.1 Å². The number of carbonyl (C=O) groups is 1. The summed E-state index contributed by atoms with van der Waals surface area (Å²) in [5.74, 6) is 0.232. The van der Waals surface area contributed by atoms with Crippen LogP contribution in [0.5, 0.6) is 0 Å². The fraction of sp³-hybridized carbons (Fsp3) is 0.0909. The van der Waals surface area contributed by atoms with Crippen molar-refractivity contribution >= 4 is 17.4 Å². The molecular formula is C11H11N5O. The molecule has 2 aromatic heterocycles. The number of nitrogens with zero attached hydrogens (tertiary/aromatic N) is 3. The number of nitrogen functional groups attached to an aromatic ring is 1. The average molecular weight is 229 g/mol. The number of carbonyl (C=O) groups excluding carboxylic acids is 1. The van der Waals surface area contributed by atoms with Crippen LogP contribution in [0.4, 0.5) is 11.5 Å². The van der Waals surface area contributed by atoms with Gasteiger partial charge in [0.2, 0.25) is 5.91 Å². The van der Waals surface area contributed by atoms with Crippen LogP contribution in [-0.4, -0.2) is 21.1 Å². The zero-order chi connectivity index (χ0) is 12.1. The number of nitrogens with two attached hydrogens (primary N) is 1. The van der Waals surface area contributed by atoms with Crippen LogP contribution in [0.15, 0.2) is 36.7 Å². The molecule has 0 atom stereocenters. The highest BCUT2D eigenvalue weighted by atomic mass is 16.1. The van der Waals surface area contributed by atoms with E-state index in [4.69, 9.17) is 5.73 Å². The van der Waals surface area contributed by atoms with Gasteiger partial charge in [-0.05, 0) is 24.3 Å². The molecule has 17 heavy (non-hydrogen) atoms. The summed E-state index contributed by atoms with van der Waals surface area (Å²) >= 11 is 0. The van der Waals surface area contributed by atoms with Crippen LogP contribution >= 0.6 is 0 Å². The van der Waals surface area contributed by atoms with Gasteiger partial charge in [0.15, 0.2) is 5.82 Å². The van der Waals surface area contributed by atoms with Gasteiger partial charge >= 0.3 is 0 Å². The van der Waals surface area contributed by atoms with Crippen molar-refractivity contribution in [2.45, 2.75) is 6.42 Å². The Morgan fingerprint density at radius 3 is 2.88 bits per heavy atom. The van der Waals surface area contributed by atoms with Crippen molar-refractivity contribution < 1.29 is 4.79 Å². The summed E-state index contributed by atoms with van der Waals surface area (Å²) in [4.78, 5) is 15.7. The number of amides is 1. The molecule has 0 saturated carbocycles. The maximum absolute atomic E-state index is 11.6. The van der Waals surface area contributed by atoms with Gasteiger partial charge in [-0.1, -0.05) is 0 Å². The van der Waals surface area contributed by atoms with Gasteiger partial charge in [0.05, 0.1) is 18.3 Å². The molecule has 6 heteroatoms. The first-order chi connectivity index (χ1) is 8.24. The highest BCUT2D eigenvalue weighted by Crippen LogP contribution is 2.04. The quantitative estimate of drug-likeness (QED) is 0.805. The molecule has 2 rings (SSSR count). The number of pyridine rings is 1. The molecule has 3 N–H and O–H groups in total. The molecule has 0 radical (unpaired) electrons. The maximum atomic E-state index is 11.6. The van der Waals surface area contributed by atoms with E-state index in [1.807, 2.05) is 0 Å². The van der Waals surface area contributed by atoms with Crippen LogP contribution in [0.1, 0.15) is 5.69 Å². The van der Waals surface area contributed by atoms with Crippen molar-refractivity contribution in [2.24, 2.45) is 0 Å². The summed E-state index contributed by atoms with van der Waals surface area (Å²) in [5, 5.41) is 10.0. The van der Waals surface area contributed by atoms with Crippen LogP contribution in [-0.2, 0) is 11.2 Å². The van der Waals surface area contributed by atoms with E-state index in [1.54, 1.807) is 24.3 Å². The number of anilines is 2. The zero-order valence-electron chi connectivity index (χ0n) is 9.00. The van der Waals surface area contributed by atoms with E-state index >= 15 is 0 Å². The van der Waals surface area contributed by atoms with E-state index in [9.17, 15) is 4.79 Å². The Hall–Kier alpha value is -2.50. The van der Waals surface area contributed by atoms with Gasteiger partial charge in [-0.3, -0.25) is 9.78 Å². The van der Waals surface area contributed by atoms with Gasteiger partial charge in [0, 0.05) is 11.9 Å². The first-order valence-electron chi connectivity index (χ1n) is 5.02. The molecule has 0 aliphatic heterocycles. The van der Waals surface area contributed by atoms with E-state index in [0.29, 0.717) is 17.2 Å². The minimum atomic E-state index is -0.192. The molecular weight excluding hydrogens is 218 g/mol. The predicted molar refractivity (Wildman–Crippen MR) is 63.0 cm³/mol. The Kier molecular flexibility index (Phi) is 3.25. The SMILES string of the molecule is Nc1ccc(CC(=O)Nc2cccnn2)nc1. The first-order valence-corrected chi connectivity index (χ1v) is 5.02. The first kappa shape index (κ1) is 11.0. The number of hydrogen-bond acceptors (Lipinski definition) is 5. The number of nitrogens with one attached hydrogen (secondary N) is 1. The van der Waals surface area contributed by atoms with Gasteiger partial charge in [-0.25, -0.2) is 0 Å². The third-order valence-electron chi connectivity index (χ3n) is 2.03. The zero-order valence-corrected chi connectivity index (χ0v) is 9.00. The van der Waals surface area contributed by atoms with Crippen molar-refractivity contribution in [1.82, 2.24) is 15.2 Å². The summed E-state index contributed by atoms with van der Waals surface area (Å²) in [5.41, 5.74) is 6.73. The van der Waals surface area contributed by atoms with Gasteiger partial charge in [0.1, 0.15) is 0 Å². The molecule has 0 bridgehead atoms. The van der Waals surface area contributed by atoms with E-state index in [0.717, 1.165) is 0 Å². The number of hydrogen-bond donors (Lipinski definition) is 2. The van der Waals surface area contributed by atoms with Gasteiger partial charge in [-0.15, -0.1) is 5.10 Å². The van der Waals surface area contributed by atoms with E-state index in [2.05, 4.69) is 20.5 Å². The number of rotatable bonds is 3. The maximum Gasteiger partial charge on any atom is 0.231 e. The fourth-order valence-corrected chi connectivity index (χ4v) is 1.26. The summed E-state index contributed by atoms with van der Waals surface area (Å²) < 4.78 is 0. The normalized spacial score (nSPS) is 9.88. The number of aromatic nitrogens is 3. The smallest absolute Gasteiger partial charge is 0.231 e. The fourth-order valence-electron chi connectivity index (χ4n) is 1.26. The Labute approximate surface area is 97.9 Å². The molecule has 0 unspecified atom stereocenters. The lowest BCUT2D eigenvalue weighted by molar-refractivity contribution is -0.115. The van der Waals surface area contributed by atoms with Crippen LogP contribution in [0.2, 0.25) is 0 Å². The summed E-state index contributed by atoms with van der Waals surface area (Å²) in [7, 11) is 0. The monoisotopic (exact) mass is 229 g/mol. The molecule has 0 saturated heterocycles. The summed E-state index contributed by atoms with van der Waals surface area (Å²) in [6.45, 7) is 0. The second-order valence-corrected chi connectivity index (χ2v) is 3.42. The molecule has 6 nitrogen and oxygen atoms in total. The molecule has 0 spiro atoms. The minimum Gasteiger partial charge on any atom is -0.397 e. The third-order valence-corrected chi connectivity index (χ3v) is 2.03. The predicted octanol–water partition coefficient (Wildman–Crippen LogP) is 0.635. The van der Waals surface area contributed by atoms with E-state index in [-0.39, 0.29) is 12.3 Å². The molecule has 2 aromatic rings. The second-order valence-electron chi connectivity index (χ2n) is 3.42. The van der Waals surface area contributed by atoms with Gasteiger partial charge in [-0.2, -0.15) is 5.10 Å². The molecule has 2 heterocycles. The third kappa shape index (κ3) is 3.23. The molecule has 1 amide bonds. The van der Waals surface area contributed by atoms with Crippen molar-refractivity contribution in [2.75, 3.05) is 11.1 Å². The lowest BCUT2D eigenvalue weighted by Crippen LogP contribution is -2.16. The lowest BCUT2D eigenvalue weighted by atomic mass is 10.2. The van der Waals surface area contributed by atoms with E-state index in [1.165, 1.54) is 12.4 Å². The van der Waals surface area contributed by atoms with Crippen LogP contribution in [0, 0.1) is 0 Å². The van der Waals surface area contributed by atoms with Crippen molar-refractivity contribution in [3.8, 4) is 0 Å². The van der Waals surface area contributed by atoms with Crippen molar-refractivity contribution in [1.29, 1.82) is 0 Å². The molecule has 0 aliphatic carbocycles. The van der Waals surface area contributed by atoms with Crippen LogP contribution in [0.25, 0.3) is 0 Å². The molecule has 0 aliphatic rings. The largest absolute Gasteiger partial charge is 0.397 e. The standard InChI is InChI=1S/C11H11N5O/c12-8-3-4-9(13-7-8)6-11(17)15-10-2-1-5-14-16-10/h1-5,7H,6,12H2,(H,15,16,17). The highest BCUT2D eigenvalue weighted by molar-refractivity contribution is 5.91. The van der Waals surface area contributed by atoms with Gasteiger partial charge < -0.3 is 11.1 Å². The summed E-state index contributed by atoms with van der Waals surface area (Å²) in [6.07, 6.45) is 3.24. The highest BCUT2D eigenvalue weighted by Gasteiger charge is 2.05. The Morgan fingerprint density at radius 1 is 1.35 bits per heavy atom. The Morgan fingerprint density at radius 2 is 2.24 bits per heavy atom. The van der Waals surface area contributed by atoms with Crippen molar-refractivity contribution in [3.05, 3.63) is 42.4 Å². The topological polar surface area (TPSA) is 93.8 Å². The Balaban J connectivity index is 1.96. The molecule has 0 fully saturated rings. The average Bonchev–Trinajstić information content (AvgIpc) is 2.33. The van der Waals surface area contributed by atoms with Gasteiger partial charge in [0.25, 0.3) is 0 Å². The minimum absolute atomic E-state index is 0.177. The lowest BCUT2D eigenvalue weighted by Gasteiger charge is -2.03. The molecule has 86 valence electrons. The summed E-state index contributed by atoms with van der Waals surface area (Å²) in [6, 6.07) is 6.79. The molecule has 0 aromatic carbocycles. The van der Waals surface area contributed by atoms with E-state index < -0.39 is 0 Å². The van der Waals surface area contributed by atoms with Crippen molar-refractivity contribution in [3.63, 3.8) is 0 Å². The van der Waals surface area contributed by atoms with Crippen LogP contribution in [0.3, 0.4) is 0 Å². The Bertz CT molecular complexity index is 497. The second kappa shape index (κ2) is 5.02.